The lowest BCUT2D eigenvalue weighted by Crippen LogP contribution is -2.14. The molecule has 1 aromatic heterocycles. The summed E-state index contributed by atoms with van der Waals surface area (Å²) in [6.45, 7) is 9.08. The Kier molecular flexibility index (Phi) is 31.8. The first-order valence-corrected chi connectivity index (χ1v) is 25.9. The first kappa shape index (κ1) is 42.9. The second kappa shape index (κ2) is 31.1. The third-order valence-electron chi connectivity index (χ3n) is 5.17. The molecule has 0 aliphatic carbocycles. The third kappa shape index (κ3) is 23.2. The van der Waals surface area contributed by atoms with Gasteiger partial charge in [-0.15, -0.1) is 0 Å². The maximum Gasteiger partial charge on any atom is 0.192 e. The lowest BCUT2D eigenvalue weighted by atomic mass is 10.5. The van der Waals surface area contributed by atoms with Crippen LogP contribution in [0.1, 0.15) is 53.4 Å². The number of thioether (sulfide) groups is 9. The fourth-order valence-electron chi connectivity index (χ4n) is 3.24. The van der Waals surface area contributed by atoms with Crippen LogP contribution in [0.2, 0.25) is 0 Å². The average molecular weight is 784 g/mol. The molecule has 246 valence electrons. The first-order valence-electron chi connectivity index (χ1n) is 15.0. The van der Waals surface area contributed by atoms with Crippen molar-refractivity contribution >= 4 is 131 Å². The van der Waals surface area contributed by atoms with Gasteiger partial charge in [-0.1, -0.05) is 63.0 Å². The van der Waals surface area contributed by atoms with Crippen LogP contribution in [-0.2, 0) is 0 Å². The zero-order chi connectivity index (χ0) is 30.7. The summed E-state index contributed by atoms with van der Waals surface area (Å²) < 4.78 is 0. The van der Waals surface area contributed by atoms with Crippen molar-refractivity contribution in [2.45, 2.75) is 84.6 Å². The van der Waals surface area contributed by atoms with Gasteiger partial charge in [-0.05, 0) is 60.2 Å². The van der Waals surface area contributed by atoms with Gasteiger partial charge in [-0.2, -0.15) is 111 Å². The fourth-order valence-corrected chi connectivity index (χ4v) is 14.5. The SMILES string of the molecule is CCCSCC(CSc1nc(SCC(CSCCS)SCCC)nc(SCC(CSCCC)SCCS)n1)SCCC. The highest BCUT2D eigenvalue weighted by molar-refractivity contribution is 8.06. The van der Waals surface area contributed by atoms with Crippen LogP contribution in [0.15, 0.2) is 15.5 Å². The summed E-state index contributed by atoms with van der Waals surface area (Å²) in [4.78, 5) is 15.0. The van der Waals surface area contributed by atoms with Crippen LogP contribution in [0.3, 0.4) is 0 Å². The van der Waals surface area contributed by atoms with Crippen molar-refractivity contribution in [3.8, 4) is 0 Å². The molecule has 0 aliphatic rings. The Labute approximate surface area is 308 Å². The van der Waals surface area contributed by atoms with Crippen LogP contribution in [0.5, 0.6) is 0 Å². The summed E-state index contributed by atoms with van der Waals surface area (Å²) >= 11 is 26.8. The minimum Gasteiger partial charge on any atom is -0.196 e. The van der Waals surface area contributed by atoms with Gasteiger partial charge in [0.1, 0.15) is 0 Å². The third-order valence-corrected chi connectivity index (χ3v) is 18.5. The van der Waals surface area contributed by atoms with Crippen molar-refractivity contribution in [1.82, 2.24) is 15.0 Å². The van der Waals surface area contributed by atoms with E-state index in [1.807, 2.05) is 58.8 Å². The van der Waals surface area contributed by atoms with E-state index in [0.717, 1.165) is 61.5 Å². The smallest absolute Gasteiger partial charge is 0.192 e. The van der Waals surface area contributed by atoms with Crippen molar-refractivity contribution in [3.63, 3.8) is 0 Å². The molecule has 0 aliphatic heterocycles. The molecule has 3 atom stereocenters. The molecule has 0 amide bonds. The summed E-state index contributed by atoms with van der Waals surface area (Å²) in [5.74, 6) is 15.7. The summed E-state index contributed by atoms with van der Waals surface area (Å²) in [5.41, 5.74) is 0. The van der Waals surface area contributed by atoms with E-state index in [4.69, 9.17) is 15.0 Å². The number of nitrogens with zero attached hydrogens (tertiary/aromatic N) is 3. The van der Waals surface area contributed by atoms with Gasteiger partial charge in [0, 0.05) is 61.8 Å². The van der Waals surface area contributed by atoms with Crippen LogP contribution in [0.4, 0.5) is 0 Å². The minimum atomic E-state index is 0.590. The van der Waals surface area contributed by atoms with Crippen LogP contribution in [0.25, 0.3) is 0 Å². The topological polar surface area (TPSA) is 38.7 Å². The Morgan fingerprint density at radius 1 is 0.452 bits per heavy atom. The van der Waals surface area contributed by atoms with E-state index in [1.54, 1.807) is 0 Å². The molecule has 0 saturated carbocycles. The van der Waals surface area contributed by atoms with E-state index in [0.29, 0.717) is 15.7 Å². The van der Waals surface area contributed by atoms with E-state index >= 15 is 0 Å². The molecule has 0 radical (unpaired) electrons. The van der Waals surface area contributed by atoms with E-state index in [2.05, 4.69) is 100 Å². The maximum absolute atomic E-state index is 4.99. The predicted molar refractivity (Wildman–Crippen MR) is 222 cm³/mol. The highest BCUT2D eigenvalue weighted by Crippen LogP contribution is 2.31. The summed E-state index contributed by atoms with van der Waals surface area (Å²) in [6, 6.07) is 0. The molecule has 1 rings (SSSR count). The summed E-state index contributed by atoms with van der Waals surface area (Å²) in [6.07, 6.45) is 4.92. The molecular weight excluding hydrogens is 731 g/mol. The molecule has 3 nitrogen and oxygen atoms in total. The molecule has 0 fully saturated rings. The van der Waals surface area contributed by atoms with Crippen molar-refractivity contribution in [2.24, 2.45) is 0 Å². The van der Waals surface area contributed by atoms with Gasteiger partial charge in [-0.3, -0.25) is 0 Å². The normalized spacial score (nSPS) is 13.9. The maximum atomic E-state index is 4.99. The zero-order valence-electron chi connectivity index (χ0n) is 25.9. The molecule has 0 spiro atoms. The lowest BCUT2D eigenvalue weighted by Gasteiger charge is -2.17. The van der Waals surface area contributed by atoms with Crippen LogP contribution in [0, 0.1) is 0 Å². The zero-order valence-corrected chi connectivity index (χ0v) is 35.0. The van der Waals surface area contributed by atoms with E-state index in [9.17, 15) is 0 Å². The Morgan fingerprint density at radius 3 is 1.12 bits per heavy atom. The monoisotopic (exact) mass is 783 g/mol. The number of aromatic nitrogens is 3. The minimum absolute atomic E-state index is 0.590. The Hall–Kier alpha value is 2.86. The molecule has 42 heavy (non-hydrogen) atoms. The average Bonchev–Trinajstić information content (AvgIpc) is 3.00. The summed E-state index contributed by atoms with van der Waals surface area (Å²) in [5, 5.41) is 4.52. The first-order chi connectivity index (χ1) is 20.6. The number of thiol groups is 2. The van der Waals surface area contributed by atoms with Gasteiger partial charge in [0.15, 0.2) is 15.5 Å². The van der Waals surface area contributed by atoms with Gasteiger partial charge in [0.05, 0.1) is 0 Å². The molecule has 0 bridgehead atoms. The van der Waals surface area contributed by atoms with Gasteiger partial charge >= 0.3 is 0 Å². The molecule has 14 heteroatoms. The highest BCUT2D eigenvalue weighted by Gasteiger charge is 2.17. The molecule has 0 N–H and O–H groups in total. The van der Waals surface area contributed by atoms with Gasteiger partial charge < -0.3 is 0 Å². The lowest BCUT2D eigenvalue weighted by molar-refractivity contribution is 0.716. The number of rotatable bonds is 30. The van der Waals surface area contributed by atoms with Gasteiger partial charge in [0.2, 0.25) is 0 Å². The van der Waals surface area contributed by atoms with E-state index < -0.39 is 0 Å². The fraction of sp³-hybridized carbons (Fsp3) is 0.893. The molecule has 0 saturated heterocycles. The van der Waals surface area contributed by atoms with Crippen LogP contribution >= 0.6 is 131 Å². The summed E-state index contributed by atoms with van der Waals surface area (Å²) in [7, 11) is 0. The van der Waals surface area contributed by atoms with Gasteiger partial charge in [0.25, 0.3) is 0 Å². The molecular formula is C28H53N3S11. The molecule has 1 heterocycles. The standard InChI is InChI=1S/C28H53N3S11/c1-5-11-34-17-23(37-13-7-3)20-40-26-29-27(41-21-24(38-14-8-4)19-36-15-9-32)31-28(30-26)42-22-25(39-16-10-33)18-35-12-6-2/h23-25,32-33H,5-22H2,1-4H3. The largest absolute Gasteiger partial charge is 0.196 e. The van der Waals surface area contributed by atoms with Crippen molar-refractivity contribution in [3.05, 3.63) is 0 Å². The number of hydrogen-bond acceptors (Lipinski definition) is 14. The van der Waals surface area contributed by atoms with Crippen molar-refractivity contribution in [1.29, 1.82) is 0 Å². The van der Waals surface area contributed by atoms with Crippen molar-refractivity contribution < 1.29 is 0 Å². The predicted octanol–water partition coefficient (Wildman–Crippen LogP) is 10.2. The van der Waals surface area contributed by atoms with E-state index in [1.165, 1.54) is 60.2 Å². The number of hydrogen-bond donors (Lipinski definition) is 2. The quantitative estimate of drug-likeness (QED) is 0.0443. The van der Waals surface area contributed by atoms with E-state index in [-0.39, 0.29) is 0 Å². The highest BCUT2D eigenvalue weighted by atomic mass is 32.2. The Balaban J connectivity index is 3.02. The van der Waals surface area contributed by atoms with Crippen LogP contribution in [-0.4, -0.2) is 111 Å². The second-order valence-electron chi connectivity index (χ2n) is 9.27. The Bertz CT molecular complexity index is 644. The molecule has 3 unspecified atom stereocenters. The van der Waals surface area contributed by atoms with Gasteiger partial charge in [-0.25, -0.2) is 0 Å². The van der Waals surface area contributed by atoms with Crippen molar-refractivity contribution in [2.75, 3.05) is 80.5 Å². The molecule has 1 aromatic rings. The second-order valence-corrected chi connectivity index (χ2v) is 20.8. The molecule has 0 aromatic carbocycles. The Morgan fingerprint density at radius 2 is 0.786 bits per heavy atom. The van der Waals surface area contributed by atoms with Crippen LogP contribution < -0.4 is 0 Å².